The molecule has 0 spiro atoms. The van der Waals surface area contributed by atoms with Crippen LogP contribution in [0.15, 0.2) is 0 Å². The van der Waals surface area contributed by atoms with Gasteiger partial charge >= 0.3 is 47.8 Å². The zero-order valence-electron chi connectivity index (χ0n) is 27.0. The molecule has 47 heavy (non-hydrogen) atoms. The highest BCUT2D eigenvalue weighted by molar-refractivity contribution is 5.69. The van der Waals surface area contributed by atoms with Crippen LogP contribution in [0, 0.1) is 0 Å². The maximum absolute atomic E-state index is 12.3. The fourth-order valence-corrected chi connectivity index (χ4v) is 4.76. The molecule has 2 heterocycles. The zero-order valence-corrected chi connectivity index (χ0v) is 27.0. The second-order valence-electron chi connectivity index (χ2n) is 10.3. The number of hydrogen-bond acceptors (Lipinski definition) is 19. The van der Waals surface area contributed by atoms with Crippen molar-refractivity contribution >= 4 is 47.8 Å². The summed E-state index contributed by atoms with van der Waals surface area (Å²) in [5, 5.41) is 0. The minimum absolute atomic E-state index is 0.588. The second-order valence-corrected chi connectivity index (χ2v) is 10.3. The van der Waals surface area contributed by atoms with E-state index in [9.17, 15) is 38.4 Å². The van der Waals surface area contributed by atoms with Gasteiger partial charge in [0, 0.05) is 55.4 Å². The number of esters is 8. The summed E-state index contributed by atoms with van der Waals surface area (Å²) in [5.41, 5.74) is 0. The van der Waals surface area contributed by atoms with Gasteiger partial charge in [-0.25, -0.2) is 0 Å². The fraction of sp³-hybridized carbons (Fsp3) is 0.714. The summed E-state index contributed by atoms with van der Waals surface area (Å²) in [6, 6.07) is 0. The molecule has 19 heteroatoms. The largest absolute Gasteiger partial charge is 0.463 e. The summed E-state index contributed by atoms with van der Waals surface area (Å²) < 4.78 is 60.5. The highest BCUT2D eigenvalue weighted by Gasteiger charge is 2.65. The molecule has 0 aromatic carbocycles. The van der Waals surface area contributed by atoms with Gasteiger partial charge in [-0.15, -0.1) is 0 Å². The molecule has 0 aliphatic carbocycles. The van der Waals surface area contributed by atoms with Crippen LogP contribution in [-0.4, -0.2) is 122 Å². The third-order valence-electron chi connectivity index (χ3n) is 6.24. The van der Waals surface area contributed by atoms with E-state index in [4.69, 9.17) is 52.1 Å². The van der Waals surface area contributed by atoms with E-state index in [0.717, 1.165) is 55.4 Å². The molecule has 19 nitrogen and oxygen atoms in total. The number of ether oxygens (including phenoxy) is 11. The van der Waals surface area contributed by atoms with Crippen molar-refractivity contribution in [2.24, 2.45) is 0 Å². The Morgan fingerprint density at radius 3 is 1.38 bits per heavy atom. The highest BCUT2D eigenvalue weighted by Crippen LogP contribution is 2.41. The predicted molar refractivity (Wildman–Crippen MR) is 145 cm³/mol. The SMILES string of the molecule is CC(=O)OCC1OC(O[C@]2(COC(C)=O)OC(COC(C)=O)C(OC(C)=O)C2OC(C)=O)C(OC(C)=O)C(OC(C)=O)C1OC(C)=O. The molecule has 0 saturated carbocycles. The van der Waals surface area contributed by atoms with Gasteiger partial charge in [-0.05, 0) is 0 Å². The second kappa shape index (κ2) is 17.0. The van der Waals surface area contributed by atoms with Crippen LogP contribution in [0.2, 0.25) is 0 Å². The molecular formula is C28H38O19. The molecule has 2 fully saturated rings. The Kier molecular flexibility index (Phi) is 14.0. The quantitative estimate of drug-likeness (QED) is 0.171. The van der Waals surface area contributed by atoms with Crippen molar-refractivity contribution in [1.29, 1.82) is 0 Å². The van der Waals surface area contributed by atoms with Gasteiger partial charge in [-0.2, -0.15) is 0 Å². The van der Waals surface area contributed by atoms with Crippen LogP contribution in [-0.2, 0) is 90.5 Å². The molecule has 9 atom stereocenters. The number of hydrogen-bond donors (Lipinski definition) is 0. The Morgan fingerprint density at radius 2 is 0.915 bits per heavy atom. The summed E-state index contributed by atoms with van der Waals surface area (Å²) >= 11 is 0. The minimum atomic E-state index is -2.48. The first-order chi connectivity index (χ1) is 21.8. The molecular weight excluding hydrogens is 640 g/mol. The van der Waals surface area contributed by atoms with Gasteiger partial charge in [0.1, 0.15) is 32.0 Å². The molecule has 2 saturated heterocycles. The van der Waals surface area contributed by atoms with Crippen molar-refractivity contribution in [2.45, 2.75) is 110 Å². The molecule has 2 aliphatic rings. The molecule has 0 bridgehead atoms. The Labute approximate surface area is 268 Å². The highest BCUT2D eigenvalue weighted by atomic mass is 16.8. The summed E-state index contributed by atoms with van der Waals surface area (Å²) in [6.07, 6.45) is -13.2. The van der Waals surface area contributed by atoms with Crippen LogP contribution in [0.25, 0.3) is 0 Å². The average Bonchev–Trinajstić information content (AvgIpc) is 3.18. The molecule has 2 aliphatic heterocycles. The van der Waals surface area contributed by atoms with Crippen LogP contribution in [0.4, 0.5) is 0 Å². The van der Waals surface area contributed by atoms with Gasteiger partial charge in [-0.1, -0.05) is 0 Å². The number of carbonyl (C=O) groups excluding carboxylic acids is 8. The average molecular weight is 679 g/mol. The third-order valence-corrected chi connectivity index (χ3v) is 6.24. The monoisotopic (exact) mass is 678 g/mol. The molecule has 0 aromatic rings. The first kappa shape index (κ1) is 38.8. The lowest BCUT2D eigenvalue weighted by atomic mass is 9.97. The van der Waals surface area contributed by atoms with Gasteiger partial charge in [0.15, 0.2) is 30.5 Å². The van der Waals surface area contributed by atoms with E-state index in [-0.39, 0.29) is 0 Å². The molecule has 264 valence electrons. The lowest BCUT2D eigenvalue weighted by Crippen LogP contribution is -2.65. The Bertz CT molecular complexity index is 1210. The first-order valence-electron chi connectivity index (χ1n) is 14.1. The Balaban J connectivity index is 2.78. The van der Waals surface area contributed by atoms with E-state index >= 15 is 0 Å². The van der Waals surface area contributed by atoms with Gasteiger partial charge in [0.2, 0.25) is 12.1 Å². The summed E-state index contributed by atoms with van der Waals surface area (Å²) in [7, 11) is 0. The Morgan fingerprint density at radius 1 is 0.489 bits per heavy atom. The summed E-state index contributed by atoms with van der Waals surface area (Å²) in [6.45, 7) is 6.12. The van der Waals surface area contributed by atoms with E-state index < -0.39 is 122 Å². The van der Waals surface area contributed by atoms with Crippen LogP contribution < -0.4 is 0 Å². The Hall–Kier alpha value is -4.36. The van der Waals surface area contributed by atoms with E-state index in [1.165, 1.54) is 0 Å². The normalized spacial score (nSPS) is 29.8. The smallest absolute Gasteiger partial charge is 0.303 e. The third kappa shape index (κ3) is 11.4. The first-order valence-corrected chi connectivity index (χ1v) is 14.1. The van der Waals surface area contributed by atoms with Crippen LogP contribution >= 0.6 is 0 Å². The topological polar surface area (TPSA) is 238 Å². The van der Waals surface area contributed by atoms with Crippen LogP contribution in [0.3, 0.4) is 0 Å². The number of carbonyl (C=O) groups is 8. The van der Waals surface area contributed by atoms with Crippen molar-refractivity contribution in [3.63, 3.8) is 0 Å². The van der Waals surface area contributed by atoms with Crippen LogP contribution in [0.5, 0.6) is 0 Å². The van der Waals surface area contributed by atoms with E-state index in [0.29, 0.717) is 0 Å². The standard InChI is InChI=1S/C28H38O19/c1-12(29)37-9-20-22(40-15(4)32)24(42-17(6)34)25(43-18(7)35)27(45-20)47-28(11-39-14(3)31)26(44-19(8)36)23(41-16(5)33)21(46-28)10-38-13(2)30/h20-27H,9-11H2,1-8H3/t20?,21?,22?,23?,24?,25?,26?,27?,28-/m0/s1. The molecule has 0 aromatic heterocycles. The molecule has 0 radical (unpaired) electrons. The predicted octanol–water partition coefficient (Wildman–Crippen LogP) is -0.829. The van der Waals surface area contributed by atoms with Crippen molar-refractivity contribution in [3.05, 3.63) is 0 Å². The van der Waals surface area contributed by atoms with E-state index in [1.54, 1.807) is 0 Å². The van der Waals surface area contributed by atoms with Crippen molar-refractivity contribution in [1.82, 2.24) is 0 Å². The van der Waals surface area contributed by atoms with Crippen LogP contribution in [0.1, 0.15) is 55.4 Å². The van der Waals surface area contributed by atoms with E-state index in [1.807, 2.05) is 0 Å². The maximum Gasteiger partial charge on any atom is 0.303 e. The maximum atomic E-state index is 12.3. The van der Waals surface area contributed by atoms with Gasteiger partial charge < -0.3 is 52.1 Å². The lowest BCUT2D eigenvalue weighted by Gasteiger charge is -2.46. The molecule has 2 rings (SSSR count). The van der Waals surface area contributed by atoms with E-state index in [2.05, 4.69) is 0 Å². The molecule has 0 amide bonds. The lowest BCUT2D eigenvalue weighted by molar-refractivity contribution is -0.384. The summed E-state index contributed by atoms with van der Waals surface area (Å²) in [5.74, 6) is -9.54. The fourth-order valence-electron chi connectivity index (χ4n) is 4.76. The summed E-state index contributed by atoms with van der Waals surface area (Å²) in [4.78, 5) is 96.4. The number of rotatable bonds is 13. The minimum Gasteiger partial charge on any atom is -0.463 e. The molecule has 0 N–H and O–H groups in total. The molecule has 8 unspecified atom stereocenters. The van der Waals surface area contributed by atoms with Crippen molar-refractivity contribution in [3.8, 4) is 0 Å². The van der Waals surface area contributed by atoms with Gasteiger partial charge in [-0.3, -0.25) is 38.4 Å². The zero-order chi connectivity index (χ0) is 35.6. The van der Waals surface area contributed by atoms with Crippen molar-refractivity contribution in [2.75, 3.05) is 19.8 Å². The van der Waals surface area contributed by atoms with Gasteiger partial charge in [0.05, 0.1) is 0 Å². The van der Waals surface area contributed by atoms with Gasteiger partial charge in [0.25, 0.3) is 0 Å². The van der Waals surface area contributed by atoms with Crippen molar-refractivity contribution < 1.29 is 90.5 Å².